The Morgan fingerprint density at radius 1 is 1.13 bits per heavy atom. The summed E-state index contributed by atoms with van der Waals surface area (Å²) in [6.07, 6.45) is 2.32. The predicted octanol–water partition coefficient (Wildman–Crippen LogP) is 3.39. The van der Waals surface area contributed by atoms with Crippen molar-refractivity contribution in [3.8, 4) is 5.75 Å². The highest BCUT2D eigenvalue weighted by Crippen LogP contribution is 2.29. The van der Waals surface area contributed by atoms with Crippen LogP contribution < -0.4 is 9.64 Å². The molecule has 1 aliphatic rings. The Morgan fingerprint density at radius 3 is 2.65 bits per heavy atom. The van der Waals surface area contributed by atoms with E-state index < -0.39 is 0 Å². The molecule has 4 heteroatoms. The van der Waals surface area contributed by atoms with Gasteiger partial charge in [-0.2, -0.15) is 0 Å². The fourth-order valence-corrected chi connectivity index (χ4v) is 2.87. The van der Waals surface area contributed by atoms with E-state index in [1.165, 1.54) is 5.56 Å². The first-order valence-electron chi connectivity index (χ1n) is 7.87. The third-order valence-electron chi connectivity index (χ3n) is 4.00. The quantitative estimate of drug-likeness (QED) is 0.768. The van der Waals surface area contributed by atoms with Gasteiger partial charge in [-0.3, -0.25) is 4.79 Å². The van der Waals surface area contributed by atoms with Crippen LogP contribution in [-0.2, 0) is 16.0 Å². The summed E-state index contributed by atoms with van der Waals surface area (Å²) in [4.78, 5) is 13.8. The third-order valence-corrected chi connectivity index (χ3v) is 4.00. The molecule has 1 heterocycles. The van der Waals surface area contributed by atoms with Crippen molar-refractivity contribution in [2.45, 2.75) is 19.3 Å². The van der Waals surface area contributed by atoms with Gasteiger partial charge in [0.2, 0.25) is 5.91 Å². The van der Waals surface area contributed by atoms with Crippen molar-refractivity contribution in [1.82, 2.24) is 0 Å². The summed E-state index contributed by atoms with van der Waals surface area (Å²) in [5, 5.41) is 0. The van der Waals surface area contributed by atoms with Crippen LogP contribution in [0.25, 0.3) is 0 Å². The molecule has 120 valence electrons. The van der Waals surface area contributed by atoms with Crippen molar-refractivity contribution >= 4 is 11.6 Å². The van der Waals surface area contributed by atoms with E-state index in [4.69, 9.17) is 9.47 Å². The Labute approximate surface area is 136 Å². The largest absolute Gasteiger partial charge is 0.467 e. The first-order chi connectivity index (χ1) is 11.3. The Morgan fingerprint density at radius 2 is 1.96 bits per heavy atom. The maximum absolute atomic E-state index is 12.0. The van der Waals surface area contributed by atoms with Crippen molar-refractivity contribution in [3.05, 3.63) is 59.7 Å². The highest BCUT2D eigenvalue weighted by Gasteiger charge is 2.22. The van der Waals surface area contributed by atoms with Crippen LogP contribution in [0.3, 0.4) is 0 Å². The standard InChI is InChI=1S/C19H21NO3/c1-22-14-23-18-10-9-17(20-11-5-8-19(20)21)13-16(18)12-15-6-3-2-4-7-15/h2-4,6-7,9-10,13H,5,8,11-12,14H2,1H3. The lowest BCUT2D eigenvalue weighted by Crippen LogP contribution is -2.23. The molecule has 0 spiro atoms. The number of amides is 1. The van der Waals surface area contributed by atoms with Gasteiger partial charge in [-0.1, -0.05) is 30.3 Å². The van der Waals surface area contributed by atoms with Crippen molar-refractivity contribution in [2.24, 2.45) is 0 Å². The van der Waals surface area contributed by atoms with Crippen LogP contribution in [0.1, 0.15) is 24.0 Å². The zero-order valence-corrected chi connectivity index (χ0v) is 13.3. The number of carbonyl (C=O) groups is 1. The molecule has 0 aromatic heterocycles. The maximum Gasteiger partial charge on any atom is 0.227 e. The molecule has 23 heavy (non-hydrogen) atoms. The zero-order chi connectivity index (χ0) is 16.1. The lowest BCUT2D eigenvalue weighted by Gasteiger charge is -2.19. The van der Waals surface area contributed by atoms with Crippen molar-refractivity contribution in [3.63, 3.8) is 0 Å². The number of methoxy groups -OCH3 is 1. The molecule has 0 N–H and O–H groups in total. The number of hydrogen-bond donors (Lipinski definition) is 0. The van der Waals surface area contributed by atoms with Crippen LogP contribution in [0.2, 0.25) is 0 Å². The van der Waals surface area contributed by atoms with Crippen LogP contribution in [0, 0.1) is 0 Å². The predicted molar refractivity (Wildman–Crippen MR) is 89.8 cm³/mol. The molecule has 3 rings (SSSR count). The summed E-state index contributed by atoms with van der Waals surface area (Å²) in [5.74, 6) is 0.993. The fourth-order valence-electron chi connectivity index (χ4n) is 2.87. The molecular formula is C19H21NO3. The van der Waals surface area contributed by atoms with Gasteiger partial charge in [-0.15, -0.1) is 0 Å². The lowest BCUT2D eigenvalue weighted by molar-refractivity contribution is -0.117. The van der Waals surface area contributed by atoms with E-state index >= 15 is 0 Å². The van der Waals surface area contributed by atoms with Crippen LogP contribution in [-0.4, -0.2) is 26.4 Å². The van der Waals surface area contributed by atoms with Gasteiger partial charge in [-0.25, -0.2) is 0 Å². The molecule has 0 bridgehead atoms. The first kappa shape index (κ1) is 15.6. The van der Waals surface area contributed by atoms with Gasteiger partial charge in [-0.05, 0) is 30.2 Å². The van der Waals surface area contributed by atoms with E-state index in [2.05, 4.69) is 18.2 Å². The Bertz CT molecular complexity index is 670. The number of ether oxygens (including phenoxy) is 2. The van der Waals surface area contributed by atoms with E-state index in [1.807, 2.05) is 35.2 Å². The number of benzene rings is 2. The fraction of sp³-hybridized carbons (Fsp3) is 0.316. The van der Waals surface area contributed by atoms with Gasteiger partial charge >= 0.3 is 0 Å². The molecule has 0 radical (unpaired) electrons. The minimum absolute atomic E-state index is 0.196. The first-order valence-corrected chi connectivity index (χ1v) is 7.87. The van der Waals surface area contributed by atoms with Gasteiger partial charge in [0.15, 0.2) is 6.79 Å². The van der Waals surface area contributed by atoms with Gasteiger partial charge in [0.05, 0.1) is 0 Å². The molecule has 0 saturated carbocycles. The summed E-state index contributed by atoms with van der Waals surface area (Å²) >= 11 is 0. The molecule has 2 aromatic rings. The second-order valence-electron chi connectivity index (χ2n) is 5.65. The number of anilines is 1. The van der Waals surface area contributed by atoms with Gasteiger partial charge in [0.25, 0.3) is 0 Å². The van der Waals surface area contributed by atoms with Crippen LogP contribution >= 0.6 is 0 Å². The lowest BCUT2D eigenvalue weighted by atomic mass is 10.0. The number of nitrogens with zero attached hydrogens (tertiary/aromatic N) is 1. The summed E-state index contributed by atoms with van der Waals surface area (Å²) in [6.45, 7) is 1.01. The summed E-state index contributed by atoms with van der Waals surface area (Å²) in [5.41, 5.74) is 3.22. The average Bonchev–Trinajstić information content (AvgIpc) is 3.01. The minimum atomic E-state index is 0.196. The molecule has 0 atom stereocenters. The topological polar surface area (TPSA) is 38.8 Å². The van der Waals surface area contributed by atoms with E-state index in [9.17, 15) is 4.79 Å². The van der Waals surface area contributed by atoms with Gasteiger partial charge in [0, 0.05) is 37.7 Å². The highest BCUT2D eigenvalue weighted by atomic mass is 16.7. The van der Waals surface area contributed by atoms with E-state index in [0.29, 0.717) is 6.42 Å². The normalized spacial score (nSPS) is 14.3. The zero-order valence-electron chi connectivity index (χ0n) is 13.3. The molecule has 0 aliphatic carbocycles. The van der Waals surface area contributed by atoms with Gasteiger partial charge in [0.1, 0.15) is 5.75 Å². The molecule has 1 amide bonds. The SMILES string of the molecule is COCOc1ccc(N2CCCC2=O)cc1Cc1ccccc1. The monoisotopic (exact) mass is 311 g/mol. The molecule has 1 aliphatic heterocycles. The second kappa shape index (κ2) is 7.29. The molecule has 0 unspecified atom stereocenters. The van der Waals surface area contributed by atoms with Crippen LogP contribution in [0.5, 0.6) is 5.75 Å². The molecule has 1 saturated heterocycles. The minimum Gasteiger partial charge on any atom is -0.467 e. The van der Waals surface area contributed by atoms with E-state index in [-0.39, 0.29) is 12.7 Å². The molecule has 1 fully saturated rings. The Balaban J connectivity index is 1.90. The number of rotatable bonds is 6. The summed E-state index contributed by atoms with van der Waals surface area (Å²) < 4.78 is 10.7. The number of carbonyl (C=O) groups excluding carboxylic acids is 1. The van der Waals surface area contributed by atoms with Gasteiger partial charge < -0.3 is 14.4 Å². The second-order valence-corrected chi connectivity index (χ2v) is 5.65. The molecule has 4 nitrogen and oxygen atoms in total. The van der Waals surface area contributed by atoms with Crippen molar-refractivity contribution in [2.75, 3.05) is 25.3 Å². The van der Waals surface area contributed by atoms with Crippen LogP contribution in [0.15, 0.2) is 48.5 Å². The van der Waals surface area contributed by atoms with E-state index in [1.54, 1.807) is 7.11 Å². The summed E-state index contributed by atoms with van der Waals surface area (Å²) in [6, 6.07) is 16.2. The number of hydrogen-bond acceptors (Lipinski definition) is 3. The summed E-state index contributed by atoms with van der Waals surface area (Å²) in [7, 11) is 1.61. The Kier molecular flexibility index (Phi) is 4.93. The molecular weight excluding hydrogens is 290 g/mol. The van der Waals surface area contributed by atoms with E-state index in [0.717, 1.165) is 36.4 Å². The highest BCUT2D eigenvalue weighted by molar-refractivity contribution is 5.95. The van der Waals surface area contributed by atoms with Crippen molar-refractivity contribution < 1.29 is 14.3 Å². The third kappa shape index (κ3) is 3.71. The van der Waals surface area contributed by atoms with Crippen LogP contribution in [0.4, 0.5) is 5.69 Å². The van der Waals surface area contributed by atoms with Crippen molar-refractivity contribution in [1.29, 1.82) is 0 Å². The average molecular weight is 311 g/mol. The molecule has 2 aromatic carbocycles. The smallest absolute Gasteiger partial charge is 0.227 e. The Hall–Kier alpha value is -2.33. The maximum atomic E-state index is 12.0.